The minimum Gasteiger partial charge on any atom is -0.383 e. The lowest BCUT2D eigenvalue weighted by atomic mass is 10.1. The SMILES string of the molecule is COCCN(Cc1c(C(=O)N2CCCCCCC2)nc2sccn12)C(C)C. The maximum atomic E-state index is 13.3. The van der Waals surface area contributed by atoms with Crippen LogP contribution in [0.5, 0.6) is 0 Å². The first kappa shape index (κ1) is 20.3. The molecule has 7 heteroatoms. The van der Waals surface area contributed by atoms with Gasteiger partial charge in [0.05, 0.1) is 12.3 Å². The molecule has 1 amide bonds. The molecule has 1 aliphatic heterocycles. The molecule has 0 saturated carbocycles. The molecule has 0 aliphatic carbocycles. The van der Waals surface area contributed by atoms with Crippen molar-refractivity contribution in [3.05, 3.63) is 23.0 Å². The molecule has 2 aromatic rings. The standard InChI is InChI=1S/C20H32N4O2S/c1-16(2)23(11-13-26-3)15-17-18(21-20-24(17)12-14-27-20)19(25)22-9-7-5-4-6-8-10-22/h12,14,16H,4-11,13,15H2,1-3H3. The van der Waals surface area contributed by atoms with Gasteiger partial charge in [0.2, 0.25) is 0 Å². The Morgan fingerprint density at radius 3 is 2.63 bits per heavy atom. The van der Waals surface area contributed by atoms with Crippen LogP contribution in [0.1, 0.15) is 62.1 Å². The molecule has 2 aromatic heterocycles. The fourth-order valence-electron chi connectivity index (χ4n) is 3.68. The van der Waals surface area contributed by atoms with Crippen molar-refractivity contribution in [2.24, 2.45) is 0 Å². The largest absolute Gasteiger partial charge is 0.383 e. The predicted molar refractivity (Wildman–Crippen MR) is 109 cm³/mol. The van der Waals surface area contributed by atoms with Gasteiger partial charge in [-0.25, -0.2) is 4.98 Å². The highest BCUT2D eigenvalue weighted by Gasteiger charge is 2.26. The number of nitrogens with zero attached hydrogens (tertiary/aromatic N) is 4. The fraction of sp³-hybridized carbons (Fsp3) is 0.700. The summed E-state index contributed by atoms with van der Waals surface area (Å²) in [6.07, 6.45) is 7.93. The van der Waals surface area contributed by atoms with Crippen molar-refractivity contribution < 1.29 is 9.53 Å². The normalized spacial score (nSPS) is 16.3. The molecular formula is C20H32N4O2S. The summed E-state index contributed by atoms with van der Waals surface area (Å²) in [5.74, 6) is 0.0956. The average Bonchev–Trinajstić information content (AvgIpc) is 3.19. The van der Waals surface area contributed by atoms with E-state index in [-0.39, 0.29) is 5.91 Å². The number of rotatable bonds is 7. The number of imidazole rings is 1. The number of thiazole rings is 1. The van der Waals surface area contributed by atoms with Crippen molar-refractivity contribution in [1.29, 1.82) is 0 Å². The molecule has 0 aromatic carbocycles. The number of carbonyl (C=O) groups is 1. The number of ether oxygens (including phenoxy) is 1. The summed E-state index contributed by atoms with van der Waals surface area (Å²) in [5, 5.41) is 2.03. The van der Waals surface area contributed by atoms with E-state index in [2.05, 4.69) is 23.1 Å². The van der Waals surface area contributed by atoms with E-state index >= 15 is 0 Å². The monoisotopic (exact) mass is 392 g/mol. The third-order valence-corrected chi connectivity index (χ3v) is 6.13. The van der Waals surface area contributed by atoms with Crippen LogP contribution in [0.4, 0.5) is 0 Å². The predicted octanol–water partition coefficient (Wildman–Crippen LogP) is 3.66. The number of methoxy groups -OCH3 is 1. The quantitative estimate of drug-likeness (QED) is 0.722. The van der Waals surface area contributed by atoms with Gasteiger partial charge in [0.25, 0.3) is 5.91 Å². The van der Waals surface area contributed by atoms with Crippen LogP contribution in [0, 0.1) is 0 Å². The van der Waals surface area contributed by atoms with Gasteiger partial charge in [-0.2, -0.15) is 0 Å². The van der Waals surface area contributed by atoms with Crippen molar-refractivity contribution in [1.82, 2.24) is 19.2 Å². The Morgan fingerprint density at radius 2 is 1.96 bits per heavy atom. The molecule has 0 atom stereocenters. The van der Waals surface area contributed by atoms with Crippen LogP contribution < -0.4 is 0 Å². The Balaban J connectivity index is 1.87. The van der Waals surface area contributed by atoms with Gasteiger partial charge in [-0.05, 0) is 26.7 Å². The van der Waals surface area contributed by atoms with Gasteiger partial charge in [-0.1, -0.05) is 19.3 Å². The molecule has 0 spiro atoms. The second-order valence-electron chi connectivity index (χ2n) is 7.58. The third-order valence-electron chi connectivity index (χ3n) is 5.37. The summed E-state index contributed by atoms with van der Waals surface area (Å²) in [5.41, 5.74) is 1.63. The molecule has 0 bridgehead atoms. The first-order chi connectivity index (χ1) is 13.1. The van der Waals surface area contributed by atoms with Crippen LogP contribution in [0.3, 0.4) is 0 Å². The number of hydrogen-bond acceptors (Lipinski definition) is 5. The van der Waals surface area contributed by atoms with Gasteiger partial charge in [0.15, 0.2) is 10.7 Å². The molecule has 3 heterocycles. The Bertz CT molecular complexity index is 731. The zero-order valence-electron chi connectivity index (χ0n) is 16.8. The van der Waals surface area contributed by atoms with E-state index in [4.69, 9.17) is 9.72 Å². The van der Waals surface area contributed by atoms with E-state index in [1.165, 1.54) is 19.3 Å². The minimum atomic E-state index is 0.0956. The van der Waals surface area contributed by atoms with Crippen molar-refractivity contribution >= 4 is 22.2 Å². The van der Waals surface area contributed by atoms with Gasteiger partial charge in [-0.3, -0.25) is 14.1 Å². The second-order valence-corrected chi connectivity index (χ2v) is 8.45. The maximum Gasteiger partial charge on any atom is 0.274 e. The lowest BCUT2D eigenvalue weighted by Gasteiger charge is -2.27. The highest BCUT2D eigenvalue weighted by molar-refractivity contribution is 7.15. The minimum absolute atomic E-state index is 0.0956. The number of fused-ring (bicyclic) bond motifs is 1. The van der Waals surface area contributed by atoms with Gasteiger partial charge in [-0.15, -0.1) is 11.3 Å². The highest BCUT2D eigenvalue weighted by atomic mass is 32.1. The number of likely N-dealkylation sites (tertiary alicyclic amines) is 1. The fourth-order valence-corrected chi connectivity index (χ4v) is 4.41. The van der Waals surface area contributed by atoms with Crippen molar-refractivity contribution in [2.75, 3.05) is 33.4 Å². The Kier molecular flexibility index (Phi) is 7.26. The molecule has 3 rings (SSSR count). The Labute approximate surface area is 166 Å². The van der Waals surface area contributed by atoms with E-state index in [0.717, 1.165) is 43.1 Å². The second kappa shape index (κ2) is 9.66. The smallest absolute Gasteiger partial charge is 0.274 e. The number of amides is 1. The van der Waals surface area contributed by atoms with Crippen LogP contribution in [0.2, 0.25) is 0 Å². The topological polar surface area (TPSA) is 50.1 Å². The number of aromatic nitrogens is 2. The van der Waals surface area contributed by atoms with Crippen LogP contribution in [-0.2, 0) is 11.3 Å². The molecule has 1 fully saturated rings. The van der Waals surface area contributed by atoms with E-state index in [9.17, 15) is 4.79 Å². The Hall–Kier alpha value is -1.44. The lowest BCUT2D eigenvalue weighted by Crippen LogP contribution is -2.37. The molecule has 27 heavy (non-hydrogen) atoms. The molecule has 1 saturated heterocycles. The summed E-state index contributed by atoms with van der Waals surface area (Å²) >= 11 is 1.59. The molecule has 0 unspecified atom stereocenters. The van der Waals surface area contributed by atoms with Gasteiger partial charge < -0.3 is 9.64 Å². The van der Waals surface area contributed by atoms with Gasteiger partial charge in [0, 0.05) is 50.9 Å². The highest BCUT2D eigenvalue weighted by Crippen LogP contribution is 2.22. The summed E-state index contributed by atoms with van der Waals surface area (Å²) in [6, 6.07) is 0.369. The van der Waals surface area contributed by atoms with Crippen molar-refractivity contribution in [3.8, 4) is 0 Å². The lowest BCUT2D eigenvalue weighted by molar-refractivity contribution is 0.0732. The summed E-state index contributed by atoms with van der Waals surface area (Å²) in [7, 11) is 1.73. The molecule has 150 valence electrons. The van der Waals surface area contributed by atoms with E-state index in [0.29, 0.717) is 24.9 Å². The zero-order chi connectivity index (χ0) is 19.2. The molecule has 0 N–H and O–H groups in total. The van der Waals surface area contributed by atoms with Gasteiger partial charge >= 0.3 is 0 Å². The summed E-state index contributed by atoms with van der Waals surface area (Å²) in [4.78, 5) is 23.3. The van der Waals surface area contributed by atoms with Crippen LogP contribution in [0.15, 0.2) is 11.6 Å². The molecule has 1 aliphatic rings. The van der Waals surface area contributed by atoms with Crippen molar-refractivity contribution in [2.45, 2.75) is 58.5 Å². The molecular weight excluding hydrogens is 360 g/mol. The number of carbonyl (C=O) groups excluding carboxylic acids is 1. The molecule has 6 nitrogen and oxygen atoms in total. The Morgan fingerprint density at radius 1 is 1.26 bits per heavy atom. The zero-order valence-corrected chi connectivity index (χ0v) is 17.6. The average molecular weight is 393 g/mol. The van der Waals surface area contributed by atoms with Crippen LogP contribution in [-0.4, -0.2) is 64.5 Å². The van der Waals surface area contributed by atoms with Crippen molar-refractivity contribution in [3.63, 3.8) is 0 Å². The van der Waals surface area contributed by atoms with Gasteiger partial charge in [0.1, 0.15) is 0 Å². The first-order valence-electron chi connectivity index (χ1n) is 10.1. The number of hydrogen-bond donors (Lipinski definition) is 0. The third kappa shape index (κ3) is 4.89. The maximum absolute atomic E-state index is 13.3. The van der Waals surface area contributed by atoms with E-state index < -0.39 is 0 Å². The molecule has 0 radical (unpaired) electrons. The van der Waals surface area contributed by atoms with Crippen LogP contribution in [0.25, 0.3) is 4.96 Å². The first-order valence-corrected chi connectivity index (χ1v) is 11.0. The summed E-state index contributed by atoms with van der Waals surface area (Å²) in [6.45, 7) is 8.28. The van der Waals surface area contributed by atoms with Crippen LogP contribution >= 0.6 is 11.3 Å². The summed E-state index contributed by atoms with van der Waals surface area (Å²) < 4.78 is 7.36. The van der Waals surface area contributed by atoms with E-state index in [1.54, 1.807) is 18.4 Å². The van der Waals surface area contributed by atoms with E-state index in [1.807, 2.05) is 16.5 Å².